The molecule has 1 amide bonds. The van der Waals surface area contributed by atoms with Crippen molar-refractivity contribution in [2.45, 2.75) is 71.8 Å². The van der Waals surface area contributed by atoms with Crippen LogP contribution < -0.4 is 5.32 Å². The summed E-state index contributed by atoms with van der Waals surface area (Å²) in [5.74, 6) is -1.42. The van der Waals surface area contributed by atoms with E-state index in [0.717, 1.165) is 30.5 Å². The third kappa shape index (κ3) is 3.43. The maximum absolute atomic E-state index is 14.3. The lowest BCUT2D eigenvalue weighted by molar-refractivity contribution is -0.122. The van der Waals surface area contributed by atoms with Gasteiger partial charge in [0.05, 0.1) is 17.0 Å². The Morgan fingerprint density at radius 3 is 2.28 bits per heavy atom. The fraction of sp³-hybridized carbons (Fsp3) is 0.522. The number of hydrogen-bond donors (Lipinski definition) is 1. The smallest absolute Gasteiger partial charge is 0.217 e. The molecule has 0 saturated carbocycles. The van der Waals surface area contributed by atoms with Gasteiger partial charge >= 0.3 is 0 Å². The molecule has 0 spiro atoms. The topological polar surface area (TPSA) is 54.9 Å². The molecule has 1 aromatic heterocycles. The van der Waals surface area contributed by atoms with Gasteiger partial charge in [0, 0.05) is 17.9 Å². The van der Waals surface area contributed by atoms with E-state index in [1.807, 2.05) is 13.8 Å². The van der Waals surface area contributed by atoms with Gasteiger partial charge < -0.3 is 5.32 Å². The fourth-order valence-corrected chi connectivity index (χ4v) is 5.33. The van der Waals surface area contributed by atoms with Crippen molar-refractivity contribution in [1.29, 1.82) is 0 Å². The van der Waals surface area contributed by atoms with Crippen molar-refractivity contribution in [2.75, 3.05) is 0 Å². The predicted molar refractivity (Wildman–Crippen MR) is 109 cm³/mol. The van der Waals surface area contributed by atoms with Crippen LogP contribution in [0.5, 0.6) is 0 Å². The van der Waals surface area contributed by atoms with Gasteiger partial charge in [-0.05, 0) is 62.3 Å². The molecule has 0 fully saturated rings. The molecular weight excluding hydrogens is 372 g/mol. The number of nitrogens with zero attached hydrogens (tertiary/aromatic N) is 2. The van der Waals surface area contributed by atoms with Gasteiger partial charge in [-0.15, -0.1) is 0 Å². The molecule has 1 aliphatic carbocycles. The van der Waals surface area contributed by atoms with Gasteiger partial charge in [0.2, 0.25) is 5.91 Å². The second kappa shape index (κ2) is 7.15. The van der Waals surface area contributed by atoms with Crippen molar-refractivity contribution in [3.63, 3.8) is 0 Å². The minimum atomic E-state index is -0.657. The van der Waals surface area contributed by atoms with Gasteiger partial charge in [-0.3, -0.25) is 4.79 Å². The molecule has 1 aliphatic rings. The lowest BCUT2D eigenvalue weighted by Gasteiger charge is -2.56. The zero-order chi connectivity index (χ0) is 21.6. The summed E-state index contributed by atoms with van der Waals surface area (Å²) in [6, 6.07) is 5.53. The van der Waals surface area contributed by atoms with E-state index in [9.17, 15) is 13.6 Å². The van der Waals surface area contributed by atoms with E-state index in [1.54, 1.807) is 6.07 Å². The first kappa shape index (κ1) is 21.3. The number of carbonyl (C=O) groups excluding carboxylic acids is 1. The molecule has 6 heteroatoms. The number of amides is 1. The molecule has 1 heterocycles. The number of hydrogen-bond acceptors (Lipinski definition) is 3. The molecule has 1 aromatic carbocycles. The van der Waals surface area contributed by atoms with Crippen LogP contribution in [-0.4, -0.2) is 21.6 Å². The predicted octanol–water partition coefficient (Wildman–Crippen LogP) is 4.96. The van der Waals surface area contributed by atoms with Gasteiger partial charge in [-0.2, -0.15) is 10.2 Å². The van der Waals surface area contributed by atoms with Crippen molar-refractivity contribution in [2.24, 2.45) is 5.41 Å². The average molecular weight is 402 g/mol. The average Bonchev–Trinajstić information content (AvgIpc) is 2.58. The Morgan fingerprint density at radius 1 is 1.10 bits per heavy atom. The summed E-state index contributed by atoms with van der Waals surface area (Å²) in [5, 5.41) is 11.9. The third-order valence-corrected chi connectivity index (χ3v) is 6.33. The Labute approximate surface area is 171 Å². The minimum absolute atomic E-state index is 0.108. The number of aryl methyl sites for hydroxylation is 1. The normalized spacial score (nSPS) is 19.6. The molecule has 29 heavy (non-hydrogen) atoms. The molecule has 1 atom stereocenters. The number of carbonyl (C=O) groups is 1. The van der Waals surface area contributed by atoms with Crippen LogP contribution in [0.4, 0.5) is 8.78 Å². The van der Waals surface area contributed by atoms with Crippen LogP contribution in [0.1, 0.15) is 65.6 Å². The highest BCUT2D eigenvalue weighted by molar-refractivity contribution is 5.74. The number of rotatable bonds is 3. The largest absolute Gasteiger partial charge is 0.350 e. The Morgan fingerprint density at radius 2 is 1.72 bits per heavy atom. The molecule has 0 aliphatic heterocycles. The number of fused-ring (bicyclic) bond motifs is 1. The van der Waals surface area contributed by atoms with Crippen molar-refractivity contribution in [3.05, 3.63) is 47.2 Å². The molecule has 0 saturated heterocycles. The van der Waals surface area contributed by atoms with Crippen molar-refractivity contribution in [3.8, 4) is 11.3 Å². The van der Waals surface area contributed by atoms with Crippen LogP contribution in [0.3, 0.4) is 0 Å². The quantitative estimate of drug-likeness (QED) is 0.791. The van der Waals surface area contributed by atoms with Crippen molar-refractivity contribution >= 4 is 5.91 Å². The number of aromatic nitrogens is 2. The lowest BCUT2D eigenvalue weighted by atomic mass is 9.51. The highest BCUT2D eigenvalue weighted by Crippen LogP contribution is 2.54. The fourth-order valence-electron chi connectivity index (χ4n) is 5.33. The second-order valence-corrected chi connectivity index (χ2v) is 9.52. The number of halogens is 2. The zero-order valence-electron chi connectivity index (χ0n) is 18.0. The van der Waals surface area contributed by atoms with Crippen molar-refractivity contribution in [1.82, 2.24) is 15.5 Å². The maximum Gasteiger partial charge on any atom is 0.217 e. The van der Waals surface area contributed by atoms with Gasteiger partial charge in [-0.25, -0.2) is 8.78 Å². The van der Waals surface area contributed by atoms with Gasteiger partial charge in [0.1, 0.15) is 11.6 Å². The molecular formula is C23H29F2N3O. The molecule has 156 valence electrons. The highest BCUT2D eigenvalue weighted by Gasteiger charge is 2.57. The van der Waals surface area contributed by atoms with Gasteiger partial charge in [0.25, 0.3) is 0 Å². The van der Waals surface area contributed by atoms with Crippen LogP contribution in [0.25, 0.3) is 11.3 Å². The van der Waals surface area contributed by atoms with Crippen molar-refractivity contribution < 1.29 is 13.6 Å². The molecule has 0 unspecified atom stereocenters. The Kier molecular flexibility index (Phi) is 5.26. The molecule has 2 aromatic rings. The van der Waals surface area contributed by atoms with Crippen LogP contribution in [0.15, 0.2) is 24.3 Å². The van der Waals surface area contributed by atoms with Crippen LogP contribution in [0, 0.1) is 17.0 Å². The minimum Gasteiger partial charge on any atom is -0.350 e. The van der Waals surface area contributed by atoms with E-state index in [1.165, 1.54) is 25.1 Å². The van der Waals surface area contributed by atoms with Crippen LogP contribution in [-0.2, 0) is 16.6 Å². The summed E-state index contributed by atoms with van der Waals surface area (Å²) in [6.07, 6.45) is 2.47. The van der Waals surface area contributed by atoms with E-state index in [-0.39, 0.29) is 22.6 Å². The SMILES string of the molecule is CC(=O)NC(C)(C)[C@@]1(C(C)(C)C)CCCc2cc(-c3c(F)cccc3F)nnc21. The van der Waals surface area contributed by atoms with Crippen LogP contribution in [0.2, 0.25) is 0 Å². The third-order valence-electron chi connectivity index (χ3n) is 6.33. The molecule has 3 rings (SSSR count). The number of nitrogens with one attached hydrogen (secondary N) is 1. The Hall–Kier alpha value is -2.37. The van der Waals surface area contributed by atoms with Gasteiger partial charge in [-0.1, -0.05) is 26.8 Å². The standard InChI is InChI=1S/C23H29F2N3O/c1-14(29)26-22(5,6)23(21(2,3)4)12-8-9-15-13-18(27-28-20(15)23)19-16(24)10-7-11-17(19)25/h7,10-11,13H,8-9,12H2,1-6H3,(H,26,29)/t23-/m0/s1. The van der Waals surface area contributed by atoms with E-state index in [2.05, 4.69) is 36.3 Å². The lowest BCUT2D eigenvalue weighted by Crippen LogP contribution is -2.65. The number of benzene rings is 1. The van der Waals surface area contributed by atoms with E-state index in [4.69, 9.17) is 0 Å². The first-order chi connectivity index (χ1) is 13.4. The zero-order valence-corrected chi connectivity index (χ0v) is 18.0. The first-order valence-corrected chi connectivity index (χ1v) is 10.0. The summed E-state index contributed by atoms with van der Waals surface area (Å²) < 4.78 is 28.6. The summed E-state index contributed by atoms with van der Waals surface area (Å²) in [7, 11) is 0. The summed E-state index contributed by atoms with van der Waals surface area (Å²) in [5.41, 5.74) is 0.447. The highest BCUT2D eigenvalue weighted by atomic mass is 19.1. The first-order valence-electron chi connectivity index (χ1n) is 10.0. The summed E-state index contributed by atoms with van der Waals surface area (Å²) >= 11 is 0. The second-order valence-electron chi connectivity index (χ2n) is 9.52. The maximum atomic E-state index is 14.3. The van der Waals surface area contributed by atoms with Crippen LogP contribution >= 0.6 is 0 Å². The molecule has 0 radical (unpaired) electrons. The molecule has 0 bridgehead atoms. The van der Waals surface area contributed by atoms with E-state index >= 15 is 0 Å². The van der Waals surface area contributed by atoms with E-state index < -0.39 is 22.6 Å². The monoisotopic (exact) mass is 401 g/mol. The summed E-state index contributed by atoms with van der Waals surface area (Å²) in [4.78, 5) is 12.0. The summed E-state index contributed by atoms with van der Waals surface area (Å²) in [6.45, 7) is 12.0. The Balaban J connectivity index is 2.23. The van der Waals surface area contributed by atoms with E-state index in [0.29, 0.717) is 0 Å². The molecule has 1 N–H and O–H groups in total. The Bertz CT molecular complexity index is 929. The van der Waals surface area contributed by atoms with Gasteiger partial charge in [0.15, 0.2) is 0 Å². The molecule has 4 nitrogen and oxygen atoms in total.